The molecule has 0 aliphatic heterocycles. The number of nitrogens with zero attached hydrogens (tertiary/aromatic N) is 3. The monoisotopic (exact) mass is 420 g/mol. The second-order valence-electron chi connectivity index (χ2n) is 6.17. The summed E-state index contributed by atoms with van der Waals surface area (Å²) in [5.41, 5.74) is 2.05. The maximum absolute atomic E-state index is 12.3. The van der Waals surface area contributed by atoms with Crippen LogP contribution < -0.4 is 10.1 Å². The van der Waals surface area contributed by atoms with E-state index in [1.165, 1.54) is 42.5 Å². The predicted molar refractivity (Wildman–Crippen MR) is 116 cm³/mol. The van der Waals surface area contributed by atoms with Gasteiger partial charge in [0, 0.05) is 30.8 Å². The predicted octanol–water partition coefficient (Wildman–Crippen LogP) is 3.34. The first kappa shape index (κ1) is 20.7. The second kappa shape index (κ2) is 8.98. The molecule has 2 aromatic carbocycles. The Kier molecular flexibility index (Phi) is 6.20. The molecule has 9 heteroatoms. The second-order valence-corrected chi connectivity index (χ2v) is 7.18. The van der Waals surface area contributed by atoms with E-state index in [0.29, 0.717) is 16.1 Å². The van der Waals surface area contributed by atoms with Gasteiger partial charge in [0.25, 0.3) is 11.6 Å². The van der Waals surface area contributed by atoms with Crippen LogP contribution in [0.15, 0.2) is 53.5 Å². The van der Waals surface area contributed by atoms with Crippen molar-refractivity contribution in [3.8, 4) is 12.3 Å². The van der Waals surface area contributed by atoms with Gasteiger partial charge in [-0.1, -0.05) is 17.3 Å². The zero-order chi connectivity index (χ0) is 21.7. The van der Waals surface area contributed by atoms with Crippen molar-refractivity contribution in [3.63, 3.8) is 0 Å². The molecule has 8 nitrogen and oxygen atoms in total. The van der Waals surface area contributed by atoms with E-state index in [1.54, 1.807) is 28.8 Å². The van der Waals surface area contributed by atoms with E-state index in [9.17, 15) is 19.7 Å². The highest BCUT2D eigenvalue weighted by atomic mass is 32.1. The van der Waals surface area contributed by atoms with Crippen LogP contribution in [0.4, 0.5) is 11.4 Å². The summed E-state index contributed by atoms with van der Waals surface area (Å²) in [6.07, 6.45) is 8.28. The Labute approximate surface area is 175 Å². The number of hydrogen-bond acceptors (Lipinski definition) is 5. The van der Waals surface area contributed by atoms with Gasteiger partial charge in [-0.25, -0.2) is 0 Å². The number of fused-ring (bicyclic) bond motifs is 1. The standard InChI is InChI=1S/C21H16N4O4S/c1-3-12-24-18-10-7-16(22-14(2)26)13-19(18)30-21(24)23-20(27)11-6-15-4-8-17(9-5-15)25(28)29/h1,4-11,13H,12H2,2H3,(H,22,26). The van der Waals surface area contributed by atoms with Crippen molar-refractivity contribution in [1.82, 2.24) is 4.57 Å². The molecule has 2 amide bonds. The molecular formula is C21H16N4O4S. The fraction of sp³-hybridized carbons (Fsp3) is 0.0952. The van der Waals surface area contributed by atoms with Crippen molar-refractivity contribution in [2.45, 2.75) is 13.5 Å². The third kappa shape index (κ3) is 4.87. The molecule has 0 atom stereocenters. The van der Waals surface area contributed by atoms with Crippen molar-refractivity contribution in [3.05, 3.63) is 69.0 Å². The lowest BCUT2D eigenvalue weighted by atomic mass is 10.2. The number of rotatable bonds is 5. The number of nitro benzene ring substituents is 1. The van der Waals surface area contributed by atoms with Gasteiger partial charge in [-0.15, -0.1) is 6.42 Å². The van der Waals surface area contributed by atoms with Gasteiger partial charge in [0.2, 0.25) is 5.91 Å². The SMILES string of the molecule is C#CCn1c(=NC(=O)C=Cc2ccc([N+](=O)[O-])cc2)sc2cc(NC(C)=O)ccc21. The van der Waals surface area contributed by atoms with Gasteiger partial charge in [0.1, 0.15) is 0 Å². The lowest BCUT2D eigenvalue weighted by Crippen LogP contribution is -2.15. The van der Waals surface area contributed by atoms with E-state index < -0.39 is 10.8 Å². The molecule has 3 aromatic rings. The number of nitro groups is 1. The normalized spacial score (nSPS) is 11.5. The first-order valence-electron chi connectivity index (χ1n) is 8.73. The molecule has 30 heavy (non-hydrogen) atoms. The van der Waals surface area contributed by atoms with Gasteiger partial charge >= 0.3 is 0 Å². The Balaban J connectivity index is 1.92. The van der Waals surface area contributed by atoms with Gasteiger partial charge in [0.15, 0.2) is 4.80 Å². The van der Waals surface area contributed by atoms with Crippen molar-refractivity contribution in [2.24, 2.45) is 4.99 Å². The number of non-ortho nitro benzene ring substituents is 1. The van der Waals surface area contributed by atoms with Crippen LogP contribution in [0.5, 0.6) is 0 Å². The molecule has 1 N–H and O–H groups in total. The summed E-state index contributed by atoms with van der Waals surface area (Å²) in [5.74, 6) is 1.88. The number of nitrogens with one attached hydrogen (secondary N) is 1. The van der Waals surface area contributed by atoms with Crippen LogP contribution in [-0.2, 0) is 16.1 Å². The van der Waals surface area contributed by atoms with Crippen LogP contribution in [0.25, 0.3) is 16.3 Å². The lowest BCUT2D eigenvalue weighted by Gasteiger charge is -2.03. The summed E-state index contributed by atoms with van der Waals surface area (Å²) >= 11 is 1.28. The molecule has 1 aromatic heterocycles. The molecule has 0 saturated carbocycles. The molecular weight excluding hydrogens is 404 g/mol. The Hall–Kier alpha value is -4.03. The summed E-state index contributed by atoms with van der Waals surface area (Å²) in [4.78, 5) is 38.4. The van der Waals surface area contributed by atoms with E-state index >= 15 is 0 Å². The summed E-state index contributed by atoms with van der Waals surface area (Å²) < 4.78 is 2.57. The van der Waals surface area contributed by atoms with E-state index in [4.69, 9.17) is 6.42 Å². The van der Waals surface area contributed by atoms with E-state index in [1.807, 2.05) is 6.07 Å². The molecule has 0 aliphatic rings. The maximum Gasteiger partial charge on any atom is 0.272 e. The van der Waals surface area contributed by atoms with E-state index in [0.717, 1.165) is 10.2 Å². The molecule has 0 fully saturated rings. The number of carbonyl (C=O) groups is 2. The van der Waals surface area contributed by atoms with Gasteiger partial charge in [0.05, 0.1) is 21.7 Å². The number of benzene rings is 2. The van der Waals surface area contributed by atoms with Crippen molar-refractivity contribution >= 4 is 50.8 Å². The minimum absolute atomic E-state index is 0.0256. The summed E-state index contributed by atoms with van der Waals surface area (Å²) in [6.45, 7) is 1.66. The Morgan fingerprint density at radius 3 is 2.67 bits per heavy atom. The van der Waals surface area contributed by atoms with Gasteiger partial charge in [-0.2, -0.15) is 4.99 Å². The number of terminal acetylenes is 1. The van der Waals surface area contributed by atoms with Crippen LogP contribution in [0, 0.1) is 22.5 Å². The molecule has 0 unspecified atom stereocenters. The molecule has 0 saturated heterocycles. The number of carbonyl (C=O) groups excluding carboxylic acids is 2. The van der Waals surface area contributed by atoms with Crippen LogP contribution in [0.1, 0.15) is 12.5 Å². The quantitative estimate of drug-likeness (QED) is 0.296. The van der Waals surface area contributed by atoms with Crippen LogP contribution in [0.3, 0.4) is 0 Å². The average molecular weight is 420 g/mol. The third-order valence-corrected chi connectivity index (χ3v) is 5.02. The number of amides is 2. The van der Waals surface area contributed by atoms with Gasteiger partial charge in [-0.05, 0) is 42.0 Å². The van der Waals surface area contributed by atoms with E-state index in [-0.39, 0.29) is 18.1 Å². The first-order valence-corrected chi connectivity index (χ1v) is 9.54. The van der Waals surface area contributed by atoms with Crippen molar-refractivity contribution in [1.29, 1.82) is 0 Å². The van der Waals surface area contributed by atoms with Gasteiger partial charge in [-0.3, -0.25) is 19.7 Å². The highest BCUT2D eigenvalue weighted by Crippen LogP contribution is 2.22. The minimum Gasteiger partial charge on any atom is -0.326 e. The Bertz CT molecular complexity index is 1280. The minimum atomic E-state index is -0.493. The van der Waals surface area contributed by atoms with Crippen molar-refractivity contribution < 1.29 is 14.5 Å². The third-order valence-electron chi connectivity index (χ3n) is 3.98. The molecule has 0 bridgehead atoms. The summed E-state index contributed by atoms with van der Waals surface area (Å²) in [6, 6.07) is 11.2. The molecule has 0 spiro atoms. The largest absolute Gasteiger partial charge is 0.326 e. The first-order chi connectivity index (χ1) is 14.4. The lowest BCUT2D eigenvalue weighted by molar-refractivity contribution is -0.384. The fourth-order valence-corrected chi connectivity index (χ4v) is 3.76. The number of thiazole rings is 1. The van der Waals surface area contributed by atoms with E-state index in [2.05, 4.69) is 16.2 Å². The zero-order valence-electron chi connectivity index (χ0n) is 15.9. The topological polar surface area (TPSA) is 107 Å². The summed E-state index contributed by atoms with van der Waals surface area (Å²) in [7, 11) is 0. The molecule has 0 radical (unpaired) electrons. The summed E-state index contributed by atoms with van der Waals surface area (Å²) in [5, 5.41) is 13.4. The Morgan fingerprint density at radius 1 is 1.30 bits per heavy atom. The maximum atomic E-state index is 12.3. The van der Waals surface area contributed by atoms with Crippen molar-refractivity contribution in [2.75, 3.05) is 5.32 Å². The number of aromatic nitrogens is 1. The van der Waals surface area contributed by atoms with Crippen LogP contribution in [0.2, 0.25) is 0 Å². The zero-order valence-corrected chi connectivity index (χ0v) is 16.7. The smallest absolute Gasteiger partial charge is 0.272 e. The van der Waals surface area contributed by atoms with Crippen LogP contribution in [-0.4, -0.2) is 21.3 Å². The number of hydrogen-bond donors (Lipinski definition) is 1. The molecule has 150 valence electrons. The molecule has 1 heterocycles. The van der Waals surface area contributed by atoms with Gasteiger partial charge < -0.3 is 9.88 Å². The average Bonchev–Trinajstić information content (AvgIpc) is 3.03. The highest BCUT2D eigenvalue weighted by Gasteiger charge is 2.08. The molecule has 0 aliphatic carbocycles. The fourth-order valence-electron chi connectivity index (χ4n) is 2.69. The Morgan fingerprint density at radius 2 is 2.03 bits per heavy atom. The van der Waals surface area contributed by atoms with Crippen LogP contribution >= 0.6 is 11.3 Å². The highest BCUT2D eigenvalue weighted by molar-refractivity contribution is 7.16. The number of anilines is 1. The molecule has 3 rings (SSSR count).